The number of rotatable bonds is 6. The standard InChI is InChI=1S/C24H24N2O4S/c1-5-24(16(2)3)13-23(27)21(24)15-31(28,29)30-26-22-12-8-11-19(22)20(14-25)18-10-7-6-9-17(18)4/h1,6-11,16,21H,12-13,15H2,2-4H3/b20-19+,26-22+. The SMILES string of the molecule is C#CC1(C(C)C)CC(=O)C1CS(=O)(=O)O/N=C1\CC=C\C1=C(\C#N)c1ccccc1C. The van der Waals surface area contributed by atoms with Gasteiger partial charge in [-0.2, -0.15) is 13.7 Å². The van der Waals surface area contributed by atoms with Crippen molar-refractivity contribution in [2.24, 2.45) is 22.4 Å². The Hall–Kier alpha value is -3.16. The number of allylic oxidation sites excluding steroid dienone is 4. The number of carbonyl (C=O) groups is 1. The first kappa shape index (κ1) is 22.5. The van der Waals surface area contributed by atoms with E-state index < -0.39 is 27.2 Å². The van der Waals surface area contributed by atoms with Crippen LogP contribution < -0.4 is 0 Å². The molecule has 31 heavy (non-hydrogen) atoms. The second-order valence-electron chi connectivity index (χ2n) is 8.19. The molecule has 0 heterocycles. The van der Waals surface area contributed by atoms with Crippen molar-refractivity contribution in [3.8, 4) is 18.4 Å². The molecule has 2 aliphatic carbocycles. The molecule has 6 nitrogen and oxygen atoms in total. The van der Waals surface area contributed by atoms with Crippen LogP contribution in [0, 0.1) is 47.8 Å². The summed E-state index contributed by atoms with van der Waals surface area (Å²) in [5, 5.41) is 13.6. The first-order valence-electron chi connectivity index (χ1n) is 10.0. The summed E-state index contributed by atoms with van der Waals surface area (Å²) in [7, 11) is -4.14. The molecule has 2 aliphatic rings. The van der Waals surface area contributed by atoms with Crippen LogP contribution in [0.4, 0.5) is 0 Å². The van der Waals surface area contributed by atoms with E-state index in [9.17, 15) is 18.5 Å². The molecular formula is C24H24N2O4S. The van der Waals surface area contributed by atoms with Gasteiger partial charge in [-0.3, -0.25) is 9.08 Å². The Morgan fingerprint density at radius 3 is 2.68 bits per heavy atom. The molecule has 0 amide bonds. The van der Waals surface area contributed by atoms with Crippen molar-refractivity contribution in [2.45, 2.75) is 33.6 Å². The van der Waals surface area contributed by atoms with Gasteiger partial charge in [0.25, 0.3) is 0 Å². The Labute approximate surface area is 183 Å². The molecule has 1 fully saturated rings. The van der Waals surface area contributed by atoms with Crippen LogP contribution in [-0.2, 0) is 19.2 Å². The molecule has 0 N–H and O–H groups in total. The lowest BCUT2D eigenvalue weighted by Gasteiger charge is -2.46. The average molecular weight is 437 g/mol. The zero-order valence-electron chi connectivity index (χ0n) is 17.8. The highest BCUT2D eigenvalue weighted by Crippen LogP contribution is 2.49. The predicted octanol–water partition coefficient (Wildman–Crippen LogP) is 3.80. The van der Waals surface area contributed by atoms with E-state index in [1.54, 1.807) is 12.2 Å². The summed E-state index contributed by atoms with van der Waals surface area (Å²) in [6.45, 7) is 5.65. The average Bonchev–Trinajstić information content (AvgIpc) is 3.19. The second-order valence-corrected chi connectivity index (χ2v) is 9.79. The molecule has 0 saturated heterocycles. The number of aryl methyl sites for hydroxylation is 1. The monoisotopic (exact) mass is 436 g/mol. The second kappa shape index (κ2) is 8.53. The Balaban J connectivity index is 1.86. The van der Waals surface area contributed by atoms with Gasteiger partial charge in [-0.1, -0.05) is 61.3 Å². The highest BCUT2D eigenvalue weighted by Gasteiger charge is 2.56. The highest BCUT2D eigenvalue weighted by atomic mass is 32.2. The normalized spacial score (nSPS) is 25.8. The minimum absolute atomic E-state index is 0.0393. The Bertz CT molecular complexity index is 1190. The molecule has 0 bridgehead atoms. The quantitative estimate of drug-likeness (QED) is 0.384. The molecule has 0 radical (unpaired) electrons. The van der Waals surface area contributed by atoms with E-state index in [4.69, 9.17) is 10.7 Å². The van der Waals surface area contributed by atoms with Gasteiger partial charge in [0.1, 0.15) is 11.9 Å². The third-order valence-corrected chi connectivity index (χ3v) is 7.15. The summed E-state index contributed by atoms with van der Waals surface area (Å²) in [5.41, 5.74) is 2.15. The van der Waals surface area contributed by atoms with Crippen LogP contribution in [0.2, 0.25) is 0 Å². The van der Waals surface area contributed by atoms with Gasteiger partial charge in [-0.05, 0) is 24.0 Å². The van der Waals surface area contributed by atoms with E-state index in [-0.39, 0.29) is 18.1 Å². The number of carbonyl (C=O) groups excluding carboxylic acids is 1. The van der Waals surface area contributed by atoms with Crippen LogP contribution in [0.15, 0.2) is 47.1 Å². The summed E-state index contributed by atoms with van der Waals surface area (Å²) in [4.78, 5) is 12.1. The van der Waals surface area contributed by atoms with Gasteiger partial charge in [0.05, 0.1) is 28.4 Å². The van der Waals surface area contributed by atoms with E-state index in [1.807, 2.05) is 45.0 Å². The van der Waals surface area contributed by atoms with Crippen molar-refractivity contribution in [3.05, 3.63) is 53.1 Å². The van der Waals surface area contributed by atoms with E-state index in [1.165, 1.54) is 0 Å². The lowest BCUT2D eigenvalue weighted by atomic mass is 9.55. The van der Waals surface area contributed by atoms with Crippen LogP contribution in [0.5, 0.6) is 0 Å². The summed E-state index contributed by atoms with van der Waals surface area (Å²) in [5.74, 6) is 1.10. The summed E-state index contributed by atoms with van der Waals surface area (Å²) in [6.07, 6.45) is 9.67. The fourth-order valence-corrected chi connectivity index (χ4v) is 5.28. The predicted molar refractivity (Wildman–Crippen MR) is 119 cm³/mol. The first-order chi connectivity index (χ1) is 14.6. The molecule has 1 saturated carbocycles. The van der Waals surface area contributed by atoms with Gasteiger partial charge < -0.3 is 0 Å². The zero-order valence-corrected chi connectivity index (χ0v) is 18.6. The molecule has 7 heteroatoms. The van der Waals surface area contributed by atoms with Gasteiger partial charge in [0.15, 0.2) is 0 Å². The van der Waals surface area contributed by atoms with Crippen molar-refractivity contribution in [1.82, 2.24) is 0 Å². The minimum Gasteiger partial charge on any atom is -0.299 e. The van der Waals surface area contributed by atoms with Gasteiger partial charge in [-0.15, -0.1) is 6.42 Å². The molecule has 1 aromatic carbocycles. The van der Waals surface area contributed by atoms with Crippen LogP contribution in [-0.4, -0.2) is 25.7 Å². The van der Waals surface area contributed by atoms with Crippen LogP contribution in [0.1, 0.15) is 37.8 Å². The molecule has 0 aliphatic heterocycles. The molecule has 2 atom stereocenters. The number of ketones is 1. The number of hydrogen-bond donors (Lipinski definition) is 0. The van der Waals surface area contributed by atoms with E-state index in [2.05, 4.69) is 17.1 Å². The summed E-state index contributed by atoms with van der Waals surface area (Å²) in [6, 6.07) is 9.62. The van der Waals surface area contributed by atoms with Crippen molar-refractivity contribution >= 4 is 27.2 Å². The van der Waals surface area contributed by atoms with Gasteiger partial charge in [-0.25, -0.2) is 0 Å². The van der Waals surface area contributed by atoms with Crippen LogP contribution >= 0.6 is 0 Å². The third-order valence-electron chi connectivity index (χ3n) is 6.11. The largest absolute Gasteiger partial charge is 0.329 e. The number of hydrogen-bond acceptors (Lipinski definition) is 6. The Morgan fingerprint density at radius 1 is 1.39 bits per heavy atom. The van der Waals surface area contributed by atoms with Crippen molar-refractivity contribution < 1.29 is 17.5 Å². The molecule has 2 unspecified atom stereocenters. The maximum atomic E-state index is 12.6. The third kappa shape index (κ3) is 4.19. The van der Waals surface area contributed by atoms with Crippen LogP contribution in [0.3, 0.4) is 0 Å². The number of nitriles is 1. The fraction of sp³-hybridized carbons (Fsp3) is 0.375. The number of terminal acetylenes is 1. The van der Waals surface area contributed by atoms with Gasteiger partial charge in [0, 0.05) is 18.4 Å². The number of Topliss-reactive ketones (excluding diaryl/α,β-unsaturated/α-hetero) is 1. The number of benzene rings is 1. The van der Waals surface area contributed by atoms with Gasteiger partial charge >= 0.3 is 10.1 Å². The number of nitrogens with zero attached hydrogens (tertiary/aromatic N) is 2. The minimum atomic E-state index is -4.14. The van der Waals surface area contributed by atoms with Gasteiger partial charge in [0.2, 0.25) is 0 Å². The Kier molecular flexibility index (Phi) is 6.20. The number of oxime groups is 1. The fourth-order valence-electron chi connectivity index (χ4n) is 4.12. The van der Waals surface area contributed by atoms with Crippen molar-refractivity contribution in [2.75, 3.05) is 5.75 Å². The first-order valence-corrected chi connectivity index (χ1v) is 11.6. The molecule has 0 aromatic heterocycles. The van der Waals surface area contributed by atoms with E-state index >= 15 is 0 Å². The van der Waals surface area contributed by atoms with Crippen molar-refractivity contribution in [3.63, 3.8) is 0 Å². The molecule has 160 valence electrons. The lowest BCUT2D eigenvalue weighted by Crippen LogP contribution is -2.53. The Morgan fingerprint density at radius 2 is 2.10 bits per heavy atom. The van der Waals surface area contributed by atoms with Crippen molar-refractivity contribution in [1.29, 1.82) is 5.26 Å². The molecule has 1 aromatic rings. The van der Waals surface area contributed by atoms with E-state index in [0.29, 0.717) is 23.3 Å². The van der Waals surface area contributed by atoms with E-state index in [0.717, 1.165) is 11.1 Å². The zero-order chi connectivity index (χ0) is 22.8. The molecule has 0 spiro atoms. The topological polar surface area (TPSA) is 96.6 Å². The highest BCUT2D eigenvalue weighted by molar-refractivity contribution is 7.86. The summed E-state index contributed by atoms with van der Waals surface area (Å²) >= 11 is 0. The maximum absolute atomic E-state index is 12.6. The lowest BCUT2D eigenvalue weighted by molar-refractivity contribution is -0.140. The van der Waals surface area contributed by atoms with Crippen LogP contribution in [0.25, 0.3) is 5.57 Å². The molecule has 3 rings (SSSR count). The maximum Gasteiger partial charge on any atom is 0.329 e. The smallest absolute Gasteiger partial charge is 0.299 e. The molecular weight excluding hydrogens is 412 g/mol. The summed E-state index contributed by atoms with van der Waals surface area (Å²) < 4.78 is 30.1.